The number of esters is 1. The molecule has 47 heavy (non-hydrogen) atoms. The monoisotopic (exact) mass is 689 g/mol. The van der Waals surface area contributed by atoms with E-state index in [9.17, 15) is 22.4 Å². The number of benzene rings is 1. The van der Waals surface area contributed by atoms with Crippen molar-refractivity contribution in [3.63, 3.8) is 0 Å². The second-order valence-electron chi connectivity index (χ2n) is 14.1. The molecule has 2 heterocycles. The first-order valence-electron chi connectivity index (χ1n) is 15.7. The van der Waals surface area contributed by atoms with Crippen molar-refractivity contribution in [2.75, 3.05) is 11.4 Å². The smallest absolute Gasteiger partial charge is 0.416 e. The summed E-state index contributed by atoms with van der Waals surface area (Å²) in [6.45, 7) is 16.5. The van der Waals surface area contributed by atoms with Gasteiger partial charge < -0.3 is 9.47 Å². The summed E-state index contributed by atoms with van der Waals surface area (Å²) in [5, 5.41) is 1.78. The van der Waals surface area contributed by atoms with Gasteiger partial charge in [-0.1, -0.05) is 39.7 Å². The molecule has 3 rings (SSSR count). The highest BCUT2D eigenvalue weighted by atomic mass is 32.2. The van der Waals surface area contributed by atoms with Crippen molar-refractivity contribution in [3.05, 3.63) is 75.9 Å². The van der Waals surface area contributed by atoms with Crippen LogP contribution in [0.3, 0.4) is 0 Å². The first-order valence-corrected chi connectivity index (χ1v) is 18.1. The summed E-state index contributed by atoms with van der Waals surface area (Å²) in [5.74, 6) is -1.26. The quantitative estimate of drug-likeness (QED) is 0.142. The largest absolute Gasteiger partial charge is 0.459 e. The topological polar surface area (TPSA) is 115 Å². The number of ether oxygens (including phenoxy) is 2. The number of rotatable bonds is 13. The molecule has 0 fully saturated rings. The van der Waals surface area contributed by atoms with E-state index in [1.807, 2.05) is 6.07 Å². The molecule has 0 radical (unpaired) electrons. The SMILES string of the molecule is CCCCC(C)(C)c1ccc(CNC(c2cccc(N(CC(=O)OC(C)(C)C)C(=O)OC(C)(C)C)n2)S(=O)(=O)c2ccc(F)cc2)s1. The van der Waals surface area contributed by atoms with E-state index < -0.39 is 50.8 Å². The molecule has 9 nitrogen and oxygen atoms in total. The third-order valence-corrected chi connectivity index (χ3v) is 10.4. The van der Waals surface area contributed by atoms with Gasteiger partial charge in [0.1, 0.15) is 29.4 Å². The van der Waals surface area contributed by atoms with E-state index in [1.165, 1.54) is 29.1 Å². The molecule has 0 aliphatic rings. The molecule has 0 saturated heterocycles. The number of carbonyl (C=O) groups excluding carboxylic acids is 2. The zero-order valence-corrected chi connectivity index (χ0v) is 30.5. The van der Waals surface area contributed by atoms with Crippen LogP contribution in [0.15, 0.2) is 59.5 Å². The standard InChI is InChI=1S/C35H48FN3O6S2/c1-10-11-21-35(8,9)28-20-17-25(46-28)22-37-31(47(42,43)26-18-15-24(36)16-19-26)27-13-12-14-29(38-27)39(32(41)45-34(5,6)7)23-30(40)44-33(2,3)4/h12-20,31,37H,10-11,21-23H2,1-9H3. The van der Waals surface area contributed by atoms with Crippen LogP contribution >= 0.6 is 11.3 Å². The Hall–Kier alpha value is -3.35. The van der Waals surface area contributed by atoms with Crippen molar-refractivity contribution in [1.29, 1.82) is 0 Å². The van der Waals surface area contributed by atoms with E-state index in [1.54, 1.807) is 58.9 Å². The maximum absolute atomic E-state index is 14.1. The van der Waals surface area contributed by atoms with Gasteiger partial charge in [-0.25, -0.2) is 22.6 Å². The van der Waals surface area contributed by atoms with Crippen molar-refractivity contribution in [2.24, 2.45) is 0 Å². The first kappa shape index (κ1) is 38.1. The van der Waals surface area contributed by atoms with Crippen LogP contribution in [0.1, 0.15) is 102 Å². The van der Waals surface area contributed by atoms with Crippen molar-refractivity contribution < 1.29 is 31.9 Å². The third kappa shape index (κ3) is 11.1. The van der Waals surface area contributed by atoms with Gasteiger partial charge in [0.05, 0.1) is 10.6 Å². The number of sulfone groups is 1. The summed E-state index contributed by atoms with van der Waals surface area (Å²) in [4.78, 5) is 33.8. The van der Waals surface area contributed by atoms with Crippen LogP contribution in [-0.4, -0.2) is 43.2 Å². The van der Waals surface area contributed by atoms with Gasteiger partial charge in [-0.2, -0.15) is 0 Å². The molecule has 1 atom stereocenters. The number of nitrogens with one attached hydrogen (secondary N) is 1. The molecule has 0 spiro atoms. The number of anilines is 1. The molecule has 1 unspecified atom stereocenters. The van der Waals surface area contributed by atoms with Crippen molar-refractivity contribution in [2.45, 2.75) is 115 Å². The molecule has 3 aromatic rings. The lowest BCUT2D eigenvalue weighted by Gasteiger charge is -2.28. The Morgan fingerprint density at radius 1 is 0.936 bits per heavy atom. The number of pyridine rings is 1. The highest BCUT2D eigenvalue weighted by Crippen LogP contribution is 2.35. The molecule has 1 aromatic carbocycles. The molecule has 0 saturated carbocycles. The molecule has 258 valence electrons. The number of hydrogen-bond donors (Lipinski definition) is 1. The third-order valence-electron chi connectivity index (χ3n) is 7.02. The van der Waals surface area contributed by atoms with Crippen LogP contribution in [-0.2, 0) is 36.1 Å². The molecule has 0 bridgehead atoms. The van der Waals surface area contributed by atoms with Gasteiger partial charge in [-0.15, -0.1) is 11.3 Å². The second kappa shape index (κ2) is 15.3. The lowest BCUT2D eigenvalue weighted by molar-refractivity contribution is -0.153. The normalized spacial score (nSPS) is 13.2. The van der Waals surface area contributed by atoms with Crippen molar-refractivity contribution in [1.82, 2.24) is 10.3 Å². The van der Waals surface area contributed by atoms with E-state index in [-0.39, 0.29) is 28.4 Å². The maximum atomic E-state index is 14.1. The van der Waals surface area contributed by atoms with Gasteiger partial charge in [0.25, 0.3) is 0 Å². The summed E-state index contributed by atoms with van der Waals surface area (Å²) in [6.07, 6.45) is 2.39. The summed E-state index contributed by atoms with van der Waals surface area (Å²) < 4.78 is 53.0. The number of unbranched alkanes of at least 4 members (excludes halogenated alkanes) is 1. The van der Waals surface area contributed by atoms with Gasteiger partial charge in [0.15, 0.2) is 15.2 Å². The number of carbonyl (C=O) groups is 2. The summed E-state index contributed by atoms with van der Waals surface area (Å²) in [7, 11) is -4.18. The minimum absolute atomic E-state index is 0.000186. The molecule has 0 aliphatic carbocycles. The number of aromatic nitrogens is 1. The number of amides is 1. The van der Waals surface area contributed by atoms with E-state index >= 15 is 0 Å². The first-order chi connectivity index (χ1) is 21.7. The van der Waals surface area contributed by atoms with Gasteiger partial charge in [-0.05, 0) is 102 Å². The average molecular weight is 690 g/mol. The molecule has 1 amide bonds. The van der Waals surface area contributed by atoms with Gasteiger partial charge in [0, 0.05) is 16.3 Å². The highest BCUT2D eigenvalue weighted by molar-refractivity contribution is 7.91. The Bertz CT molecular complexity index is 1620. The van der Waals surface area contributed by atoms with Crippen LogP contribution in [0.25, 0.3) is 0 Å². The summed E-state index contributed by atoms with van der Waals surface area (Å²) in [5.41, 5.74) is -1.64. The minimum atomic E-state index is -4.18. The average Bonchev–Trinajstić information content (AvgIpc) is 3.43. The van der Waals surface area contributed by atoms with Gasteiger partial charge >= 0.3 is 12.1 Å². The Labute approximate surface area is 282 Å². The molecule has 0 aliphatic heterocycles. The lowest BCUT2D eigenvalue weighted by Crippen LogP contribution is -2.42. The zero-order valence-electron chi connectivity index (χ0n) is 28.8. The Kier molecular flexibility index (Phi) is 12.4. The maximum Gasteiger partial charge on any atom is 0.416 e. The van der Waals surface area contributed by atoms with Crippen LogP contribution in [0.2, 0.25) is 0 Å². The minimum Gasteiger partial charge on any atom is -0.459 e. The number of nitrogens with zero attached hydrogens (tertiary/aromatic N) is 2. The number of hydrogen-bond acceptors (Lipinski definition) is 9. The summed E-state index contributed by atoms with van der Waals surface area (Å²) in [6, 6.07) is 13.2. The summed E-state index contributed by atoms with van der Waals surface area (Å²) >= 11 is 1.62. The molecular formula is C35H48FN3O6S2. The molecular weight excluding hydrogens is 642 g/mol. The fourth-order valence-corrected chi connectivity index (χ4v) is 7.33. The van der Waals surface area contributed by atoms with Crippen molar-refractivity contribution in [3.8, 4) is 0 Å². The number of thiophene rings is 1. The van der Waals surface area contributed by atoms with E-state index in [0.717, 1.165) is 41.2 Å². The van der Waals surface area contributed by atoms with E-state index in [2.05, 4.69) is 37.1 Å². The zero-order chi connectivity index (χ0) is 35.2. The van der Waals surface area contributed by atoms with Crippen LogP contribution < -0.4 is 10.2 Å². The van der Waals surface area contributed by atoms with Crippen LogP contribution in [0.5, 0.6) is 0 Å². The second-order valence-corrected chi connectivity index (χ2v) is 17.3. The molecule has 2 aromatic heterocycles. The lowest BCUT2D eigenvalue weighted by atomic mass is 9.86. The molecule has 12 heteroatoms. The van der Waals surface area contributed by atoms with Gasteiger partial charge in [-0.3, -0.25) is 15.0 Å². The van der Waals surface area contributed by atoms with Crippen LogP contribution in [0, 0.1) is 5.82 Å². The fourth-order valence-electron chi connectivity index (χ4n) is 4.70. The van der Waals surface area contributed by atoms with E-state index in [4.69, 9.17) is 9.47 Å². The Balaban J connectivity index is 2.04. The Morgan fingerprint density at radius 3 is 2.17 bits per heavy atom. The van der Waals surface area contributed by atoms with Crippen molar-refractivity contribution >= 4 is 39.1 Å². The number of halogens is 1. The predicted octanol–water partition coefficient (Wildman–Crippen LogP) is 8.10. The fraction of sp³-hybridized carbons (Fsp3) is 0.514. The van der Waals surface area contributed by atoms with E-state index in [0.29, 0.717) is 0 Å². The highest BCUT2D eigenvalue weighted by Gasteiger charge is 2.33. The molecule has 1 N–H and O–H groups in total. The Morgan fingerprint density at radius 2 is 1.57 bits per heavy atom. The van der Waals surface area contributed by atoms with Crippen LogP contribution in [0.4, 0.5) is 15.0 Å². The van der Waals surface area contributed by atoms with Gasteiger partial charge in [0.2, 0.25) is 0 Å². The predicted molar refractivity (Wildman–Crippen MR) is 184 cm³/mol.